The summed E-state index contributed by atoms with van der Waals surface area (Å²) in [6.07, 6.45) is 5.12. The predicted molar refractivity (Wildman–Crippen MR) is 83.4 cm³/mol. The van der Waals surface area contributed by atoms with Crippen LogP contribution >= 0.6 is 0 Å². The second-order valence-electron chi connectivity index (χ2n) is 7.04. The Morgan fingerprint density at radius 1 is 0.762 bits per heavy atom. The van der Waals surface area contributed by atoms with E-state index in [-0.39, 0.29) is 0 Å². The minimum atomic E-state index is -0.739. The predicted octanol–water partition coefficient (Wildman–Crippen LogP) is 3.14. The van der Waals surface area contributed by atoms with Crippen molar-refractivity contribution in [3.05, 3.63) is 0 Å². The summed E-state index contributed by atoms with van der Waals surface area (Å²) in [7, 11) is 0. The van der Waals surface area contributed by atoms with Crippen molar-refractivity contribution in [2.75, 3.05) is 13.1 Å². The zero-order chi connectivity index (χ0) is 16.5. The van der Waals surface area contributed by atoms with E-state index in [9.17, 15) is 9.59 Å². The fourth-order valence-electron chi connectivity index (χ4n) is 1.97. The van der Waals surface area contributed by atoms with Crippen LogP contribution in [0, 0.1) is 10.8 Å². The van der Waals surface area contributed by atoms with E-state index in [1.807, 2.05) is 0 Å². The standard InChI is InChI=1S/C16H31NO4/c1-15(2,13(18)19)9-5-7-11-17-12-8-6-10-16(3,4)14(20)21/h17H,5-12H2,1-4H3,(H,18,19)(H,20,21). The first-order valence-corrected chi connectivity index (χ1v) is 7.77. The van der Waals surface area contributed by atoms with Crippen molar-refractivity contribution in [3.8, 4) is 0 Å². The lowest BCUT2D eigenvalue weighted by molar-refractivity contribution is -0.148. The Hall–Kier alpha value is -1.10. The monoisotopic (exact) mass is 301 g/mol. The first-order chi connectivity index (χ1) is 9.59. The quantitative estimate of drug-likeness (QED) is 0.482. The van der Waals surface area contributed by atoms with Crippen molar-refractivity contribution < 1.29 is 19.8 Å². The third-order valence-corrected chi connectivity index (χ3v) is 3.97. The first kappa shape index (κ1) is 19.9. The average Bonchev–Trinajstić information content (AvgIpc) is 2.36. The van der Waals surface area contributed by atoms with Crippen LogP contribution in [0.5, 0.6) is 0 Å². The number of hydrogen-bond donors (Lipinski definition) is 3. The zero-order valence-electron chi connectivity index (χ0n) is 13.9. The third kappa shape index (κ3) is 8.71. The molecule has 0 unspecified atom stereocenters. The molecule has 3 N–H and O–H groups in total. The van der Waals surface area contributed by atoms with Crippen molar-refractivity contribution in [3.63, 3.8) is 0 Å². The minimum absolute atomic E-state index is 0.636. The SMILES string of the molecule is CC(C)(CCCCNCCCCC(C)(C)C(=O)O)C(=O)O. The van der Waals surface area contributed by atoms with Gasteiger partial charge in [-0.2, -0.15) is 0 Å². The highest BCUT2D eigenvalue weighted by molar-refractivity contribution is 5.73. The molecule has 0 aliphatic heterocycles. The van der Waals surface area contributed by atoms with Gasteiger partial charge < -0.3 is 15.5 Å². The van der Waals surface area contributed by atoms with Gasteiger partial charge in [0.2, 0.25) is 0 Å². The number of unbranched alkanes of at least 4 members (excludes halogenated alkanes) is 2. The van der Waals surface area contributed by atoms with Gasteiger partial charge in [-0.1, -0.05) is 12.8 Å². The second-order valence-corrected chi connectivity index (χ2v) is 7.04. The summed E-state index contributed by atoms with van der Waals surface area (Å²) in [5.74, 6) is -1.48. The highest BCUT2D eigenvalue weighted by atomic mass is 16.4. The van der Waals surface area contributed by atoms with E-state index in [2.05, 4.69) is 5.32 Å². The number of rotatable bonds is 12. The Bertz CT molecular complexity index is 305. The van der Waals surface area contributed by atoms with E-state index < -0.39 is 22.8 Å². The van der Waals surface area contributed by atoms with Crippen molar-refractivity contribution in [1.29, 1.82) is 0 Å². The number of hydrogen-bond acceptors (Lipinski definition) is 3. The first-order valence-electron chi connectivity index (χ1n) is 7.77. The van der Waals surface area contributed by atoms with Gasteiger partial charge in [-0.25, -0.2) is 0 Å². The molecule has 0 saturated carbocycles. The van der Waals surface area contributed by atoms with Crippen LogP contribution < -0.4 is 5.32 Å². The number of carbonyl (C=O) groups is 2. The minimum Gasteiger partial charge on any atom is -0.481 e. The molecule has 0 aliphatic carbocycles. The molecule has 0 spiro atoms. The Balaban J connectivity index is 3.50. The molecule has 0 bridgehead atoms. The van der Waals surface area contributed by atoms with Gasteiger partial charge in [0.05, 0.1) is 10.8 Å². The maximum absolute atomic E-state index is 10.9. The number of aliphatic carboxylic acids is 2. The molecule has 0 saturated heterocycles. The van der Waals surface area contributed by atoms with Gasteiger partial charge in [0.15, 0.2) is 0 Å². The van der Waals surface area contributed by atoms with E-state index in [1.54, 1.807) is 27.7 Å². The second kappa shape index (κ2) is 9.03. The molecular formula is C16H31NO4. The van der Waals surface area contributed by atoms with Gasteiger partial charge in [0.25, 0.3) is 0 Å². The highest BCUT2D eigenvalue weighted by Gasteiger charge is 2.26. The van der Waals surface area contributed by atoms with E-state index in [4.69, 9.17) is 10.2 Å². The summed E-state index contributed by atoms with van der Waals surface area (Å²) in [5.41, 5.74) is -1.27. The smallest absolute Gasteiger partial charge is 0.309 e. The topological polar surface area (TPSA) is 86.6 Å². The molecule has 5 nitrogen and oxygen atoms in total. The lowest BCUT2D eigenvalue weighted by Gasteiger charge is -2.19. The van der Waals surface area contributed by atoms with Crippen molar-refractivity contribution in [2.45, 2.75) is 66.2 Å². The van der Waals surface area contributed by atoms with Gasteiger partial charge >= 0.3 is 11.9 Å². The Morgan fingerprint density at radius 3 is 1.38 bits per heavy atom. The molecule has 21 heavy (non-hydrogen) atoms. The molecule has 0 amide bonds. The molecule has 0 atom stereocenters. The average molecular weight is 301 g/mol. The van der Waals surface area contributed by atoms with Gasteiger partial charge in [0, 0.05) is 0 Å². The van der Waals surface area contributed by atoms with Crippen LogP contribution in [0.3, 0.4) is 0 Å². The number of nitrogens with one attached hydrogen (secondary N) is 1. The summed E-state index contributed by atoms with van der Waals surface area (Å²) >= 11 is 0. The Kier molecular flexibility index (Phi) is 8.55. The van der Waals surface area contributed by atoms with Crippen LogP contribution in [-0.2, 0) is 9.59 Å². The molecule has 0 aliphatic rings. The molecule has 5 heteroatoms. The summed E-state index contributed by atoms with van der Waals surface area (Å²) in [5, 5.41) is 21.3. The lowest BCUT2D eigenvalue weighted by Crippen LogP contribution is -2.25. The Labute approximate surface area is 128 Å². The van der Waals surface area contributed by atoms with Crippen molar-refractivity contribution in [1.82, 2.24) is 5.32 Å². The van der Waals surface area contributed by atoms with Crippen molar-refractivity contribution in [2.24, 2.45) is 10.8 Å². The van der Waals surface area contributed by atoms with Crippen LogP contribution in [0.4, 0.5) is 0 Å². The normalized spacial score (nSPS) is 12.4. The van der Waals surface area contributed by atoms with E-state index in [1.165, 1.54) is 0 Å². The lowest BCUT2D eigenvalue weighted by atomic mass is 9.87. The van der Waals surface area contributed by atoms with Crippen LogP contribution in [0.2, 0.25) is 0 Å². The molecule has 0 aromatic heterocycles. The van der Waals surface area contributed by atoms with Crippen LogP contribution in [-0.4, -0.2) is 35.2 Å². The van der Waals surface area contributed by atoms with E-state index in [0.717, 1.165) is 38.8 Å². The summed E-state index contributed by atoms with van der Waals surface area (Å²) in [6, 6.07) is 0. The third-order valence-electron chi connectivity index (χ3n) is 3.97. The van der Waals surface area contributed by atoms with Crippen molar-refractivity contribution >= 4 is 11.9 Å². The largest absolute Gasteiger partial charge is 0.481 e. The van der Waals surface area contributed by atoms with Gasteiger partial charge in [-0.15, -0.1) is 0 Å². The fourth-order valence-corrected chi connectivity index (χ4v) is 1.97. The molecule has 124 valence electrons. The fraction of sp³-hybridized carbons (Fsp3) is 0.875. The van der Waals surface area contributed by atoms with E-state index >= 15 is 0 Å². The summed E-state index contributed by atoms with van der Waals surface area (Å²) in [4.78, 5) is 21.9. The van der Waals surface area contributed by atoms with Gasteiger partial charge in [0.1, 0.15) is 0 Å². The molecule has 0 fully saturated rings. The molecule has 0 heterocycles. The highest BCUT2D eigenvalue weighted by Crippen LogP contribution is 2.23. The van der Waals surface area contributed by atoms with Gasteiger partial charge in [-0.3, -0.25) is 9.59 Å². The zero-order valence-corrected chi connectivity index (χ0v) is 13.9. The van der Waals surface area contributed by atoms with Crippen LogP contribution in [0.15, 0.2) is 0 Å². The van der Waals surface area contributed by atoms with Crippen LogP contribution in [0.25, 0.3) is 0 Å². The molecule has 0 aromatic rings. The van der Waals surface area contributed by atoms with Gasteiger partial charge in [-0.05, 0) is 66.5 Å². The summed E-state index contributed by atoms with van der Waals surface area (Å²) in [6.45, 7) is 8.80. The molecule has 0 rings (SSSR count). The van der Waals surface area contributed by atoms with E-state index in [0.29, 0.717) is 12.8 Å². The summed E-state index contributed by atoms with van der Waals surface area (Å²) < 4.78 is 0. The maximum Gasteiger partial charge on any atom is 0.309 e. The molecule has 0 radical (unpaired) electrons. The number of carboxylic acid groups (broad SMARTS) is 2. The molecule has 0 aromatic carbocycles. The molecular weight excluding hydrogens is 270 g/mol. The Morgan fingerprint density at radius 2 is 1.10 bits per heavy atom. The van der Waals surface area contributed by atoms with Crippen LogP contribution in [0.1, 0.15) is 66.2 Å². The maximum atomic E-state index is 10.9. The number of carboxylic acids is 2.